The van der Waals surface area contributed by atoms with Gasteiger partial charge in [0.2, 0.25) is 0 Å². The molecule has 15 heteroatoms. The molecule has 5 aromatic rings. The van der Waals surface area contributed by atoms with Crippen molar-refractivity contribution in [3.05, 3.63) is 143 Å². The highest BCUT2D eigenvalue weighted by atomic mass is 31.2. The van der Waals surface area contributed by atoms with Crippen molar-refractivity contribution in [1.82, 2.24) is 14.2 Å². The minimum absolute atomic E-state index is 0.0318. The second-order valence-electron chi connectivity index (χ2n) is 15.2. The van der Waals surface area contributed by atoms with Crippen LogP contribution >= 0.6 is 7.87 Å². The highest BCUT2D eigenvalue weighted by molar-refractivity contribution is 7.63. The Morgan fingerprint density at radius 3 is 1.97 bits per heavy atom. The van der Waals surface area contributed by atoms with Crippen molar-refractivity contribution in [3.8, 4) is 23.0 Å². The summed E-state index contributed by atoms with van der Waals surface area (Å²) in [6.45, 7) is 9.30. The maximum absolute atomic E-state index is 13.3. The molecule has 0 spiro atoms. The van der Waals surface area contributed by atoms with Crippen LogP contribution in [-0.2, 0) is 24.4 Å². The van der Waals surface area contributed by atoms with E-state index in [4.69, 9.17) is 38.7 Å². The van der Waals surface area contributed by atoms with Gasteiger partial charge in [-0.05, 0) is 86.8 Å². The summed E-state index contributed by atoms with van der Waals surface area (Å²) in [5, 5.41) is 0. The van der Waals surface area contributed by atoms with E-state index in [0.29, 0.717) is 17.2 Å². The molecule has 324 valence electrons. The van der Waals surface area contributed by atoms with E-state index < -0.39 is 43.6 Å². The molecule has 1 aliphatic heterocycles. The first-order chi connectivity index (χ1) is 29.3. The number of carbonyl (C=O) groups excluding carboxylic acids is 1. The second kappa shape index (κ2) is 20.0. The molecule has 0 bridgehead atoms. The molecule has 0 aliphatic carbocycles. The summed E-state index contributed by atoms with van der Waals surface area (Å²) in [7, 11) is -0.302. The molecule has 1 aliphatic rings. The Morgan fingerprint density at radius 2 is 1.43 bits per heavy atom. The lowest BCUT2D eigenvalue weighted by atomic mass is 9.80. The van der Waals surface area contributed by atoms with Gasteiger partial charge in [0, 0.05) is 31.6 Å². The highest BCUT2D eigenvalue weighted by Gasteiger charge is 2.55. The van der Waals surface area contributed by atoms with E-state index in [1.165, 1.54) is 17.6 Å². The lowest BCUT2D eigenvalue weighted by Crippen LogP contribution is -2.43. The van der Waals surface area contributed by atoms with Gasteiger partial charge >= 0.3 is 19.5 Å². The van der Waals surface area contributed by atoms with Crippen LogP contribution in [0.5, 0.6) is 23.0 Å². The summed E-state index contributed by atoms with van der Waals surface area (Å²) in [6.07, 6.45) is -0.636. The zero-order valence-electron chi connectivity index (χ0n) is 35.7. The van der Waals surface area contributed by atoms with Gasteiger partial charge in [-0.25, -0.2) is 9.69 Å². The van der Waals surface area contributed by atoms with Gasteiger partial charge in [0.25, 0.3) is 0 Å². The van der Waals surface area contributed by atoms with Crippen LogP contribution in [0, 0.1) is 0 Å². The first-order valence-electron chi connectivity index (χ1n) is 20.2. The molecule has 1 unspecified atom stereocenters. The molecule has 4 aromatic carbocycles. The summed E-state index contributed by atoms with van der Waals surface area (Å²) in [6, 6.07) is 33.4. The van der Waals surface area contributed by atoms with E-state index in [0.717, 1.165) is 16.7 Å². The predicted octanol–water partition coefficient (Wildman–Crippen LogP) is 7.40. The fourth-order valence-electron chi connectivity index (χ4n) is 7.90. The quantitative estimate of drug-likeness (QED) is 0.0366. The largest absolute Gasteiger partial charge is 0.497 e. The number of rotatable bonds is 19. The van der Waals surface area contributed by atoms with Gasteiger partial charge < -0.3 is 34.2 Å². The Labute approximate surface area is 357 Å². The van der Waals surface area contributed by atoms with Crippen molar-refractivity contribution in [3.63, 3.8) is 0 Å². The van der Waals surface area contributed by atoms with E-state index in [2.05, 4.69) is 4.98 Å². The third-order valence-electron chi connectivity index (χ3n) is 10.4. The van der Waals surface area contributed by atoms with Crippen molar-refractivity contribution in [1.29, 1.82) is 0 Å². The number of nitrogens with zero attached hydrogens (tertiary/aromatic N) is 3. The highest BCUT2D eigenvalue weighted by Crippen LogP contribution is 2.63. The minimum Gasteiger partial charge on any atom is -0.497 e. The number of carbonyl (C=O) groups is 1. The number of hydrogen-bond donors (Lipinski definition) is 2. The Kier molecular flexibility index (Phi) is 14.8. The molecule has 1 aromatic heterocycles. The van der Waals surface area contributed by atoms with E-state index in [1.807, 2.05) is 111 Å². The maximum atomic E-state index is 13.3. The Morgan fingerprint density at radius 1 is 0.869 bits per heavy atom. The van der Waals surface area contributed by atoms with Crippen molar-refractivity contribution < 1.29 is 42.6 Å². The number of hydrogen-bond acceptors (Lipinski definition) is 13. The first-order valence-corrected chi connectivity index (χ1v) is 22.0. The third-order valence-corrected chi connectivity index (χ3v) is 13.5. The predicted molar refractivity (Wildman–Crippen MR) is 234 cm³/mol. The van der Waals surface area contributed by atoms with Crippen molar-refractivity contribution in [2.45, 2.75) is 77.2 Å². The molecule has 1 fully saturated rings. The number of benzene rings is 4. The number of esters is 1. The zero-order chi connectivity index (χ0) is 43.7. The average molecular weight is 856 g/mol. The van der Waals surface area contributed by atoms with Crippen LogP contribution < -0.4 is 30.4 Å². The maximum Gasteiger partial charge on any atom is 0.351 e. The molecule has 14 nitrogen and oxygen atoms in total. The van der Waals surface area contributed by atoms with Crippen molar-refractivity contribution >= 4 is 19.7 Å². The molecule has 0 radical (unpaired) electrons. The van der Waals surface area contributed by atoms with E-state index >= 15 is 0 Å². The van der Waals surface area contributed by atoms with Crippen LogP contribution in [0.15, 0.2) is 120 Å². The van der Waals surface area contributed by atoms with Crippen molar-refractivity contribution in [2.24, 2.45) is 0 Å². The lowest BCUT2D eigenvalue weighted by Gasteiger charge is -2.38. The Hall–Kier alpha value is -5.34. The summed E-state index contributed by atoms with van der Waals surface area (Å²) >= 11 is 0. The number of ether oxygens (including phenoxy) is 6. The Balaban J connectivity index is 1.41. The number of anilines is 1. The van der Waals surface area contributed by atoms with Gasteiger partial charge in [-0.15, -0.1) is 4.67 Å². The number of nitrogen functional groups attached to an aromatic ring is 1. The average Bonchev–Trinajstić information content (AvgIpc) is 3.63. The van der Waals surface area contributed by atoms with Gasteiger partial charge in [-0.3, -0.25) is 9.36 Å². The molecule has 1 saturated heterocycles. The monoisotopic (exact) mass is 855 g/mol. The lowest BCUT2D eigenvalue weighted by molar-refractivity contribution is -0.132. The zero-order valence-corrected chi connectivity index (χ0v) is 36.6. The van der Waals surface area contributed by atoms with E-state index in [-0.39, 0.29) is 49.4 Å². The second-order valence-corrected chi connectivity index (χ2v) is 17.7. The molecule has 0 amide bonds. The van der Waals surface area contributed by atoms with E-state index in [9.17, 15) is 14.5 Å². The number of methoxy groups -OCH3 is 2. The van der Waals surface area contributed by atoms with Crippen LogP contribution in [0.3, 0.4) is 0 Å². The van der Waals surface area contributed by atoms with Crippen LogP contribution in [0.25, 0.3) is 0 Å². The fraction of sp³-hybridized carbons (Fsp3) is 0.370. The van der Waals surface area contributed by atoms with E-state index in [1.54, 1.807) is 44.7 Å². The molecule has 0 saturated carbocycles. The molecular formula is C46H56N4O10P+. The Bertz CT molecular complexity index is 2200. The van der Waals surface area contributed by atoms with Gasteiger partial charge in [-0.2, -0.15) is 9.51 Å². The molecule has 2 heterocycles. The van der Waals surface area contributed by atoms with Gasteiger partial charge in [0.1, 0.15) is 48.0 Å². The van der Waals surface area contributed by atoms with Crippen molar-refractivity contribution in [2.75, 3.05) is 39.3 Å². The van der Waals surface area contributed by atoms with Gasteiger partial charge in [0.15, 0.2) is 17.7 Å². The number of nitrogens with two attached hydrogens (primary N) is 1. The van der Waals surface area contributed by atoms with Gasteiger partial charge in [-0.1, -0.05) is 66.7 Å². The minimum atomic E-state index is -3.54. The third kappa shape index (κ3) is 10.4. The fourth-order valence-corrected chi connectivity index (χ4v) is 10.8. The topological polar surface area (TPSA) is 166 Å². The van der Waals surface area contributed by atoms with Crippen LogP contribution in [-0.4, -0.2) is 83.0 Å². The normalized spacial score (nSPS) is 17.7. The SMILES string of the molecule is COc1ccc(C(OC[C@H]2O[C@@H](n3ccc(N)nc3=O)C[C@@H]2O[P+](O)(CCOc2ccccc2OC(C)=O)N(C(C)C)C(C)C)(c2ccccc2)c2ccc(OC)cc2)cc1. The molecule has 6 rings (SSSR count). The smallest absolute Gasteiger partial charge is 0.351 e. The van der Waals surface area contributed by atoms with Gasteiger partial charge in [0.05, 0.1) is 20.8 Å². The molecule has 61 heavy (non-hydrogen) atoms. The standard InChI is InChI=1S/C46H55N4O10P/c1-31(2)50(32(3)4)61(53,28-27-56-39-15-11-12-16-40(39)58-33(5)51)60-41-29-44(49-26-25-43(47)48-45(49)52)59-42(41)30-57-46(34-13-9-8-10-14-34,35-17-21-37(54-6)22-18-35)36-19-23-38(55-7)24-20-36/h8-26,31-32,41-42,44,53H,27-30H2,1-7H3,(H-,47,48,52)/p+1/t41-,42+,44+,61?/m0/s1. The summed E-state index contributed by atoms with van der Waals surface area (Å²) in [5.74, 6) is 1.58. The number of para-hydroxylation sites is 2. The van der Waals surface area contributed by atoms with Crippen LogP contribution in [0.1, 0.15) is 64.0 Å². The molecule has 4 atom stereocenters. The first kappa shape index (κ1) is 45.2. The number of aromatic nitrogens is 2. The van der Waals surface area contributed by atoms with Crippen LogP contribution in [0.4, 0.5) is 5.82 Å². The van der Waals surface area contributed by atoms with Crippen LogP contribution in [0.2, 0.25) is 0 Å². The summed E-state index contributed by atoms with van der Waals surface area (Å²) in [4.78, 5) is 42.0. The molecule has 3 N–H and O–H groups in total. The summed E-state index contributed by atoms with van der Waals surface area (Å²) in [5.41, 5.74) is 6.58. The summed E-state index contributed by atoms with van der Waals surface area (Å²) < 4.78 is 47.0. The molecular weight excluding hydrogens is 799 g/mol.